The number of benzene rings is 1. The maximum absolute atomic E-state index is 4.51. The standard InChI is InChI=1S/C11H10BrN/c1-7-6-9-10(12)4-3-5-11(9)13-8(7)2/h3-6H,1-2H3. The summed E-state index contributed by atoms with van der Waals surface area (Å²) in [6.07, 6.45) is 0. The van der Waals surface area contributed by atoms with Crippen molar-refractivity contribution in [1.29, 1.82) is 0 Å². The number of aryl methyl sites for hydroxylation is 2. The predicted molar refractivity (Wildman–Crippen MR) is 58.9 cm³/mol. The molecule has 0 unspecified atom stereocenters. The molecule has 2 heteroatoms. The molecule has 0 atom stereocenters. The van der Waals surface area contributed by atoms with E-state index in [0.717, 1.165) is 15.7 Å². The Kier molecular flexibility index (Phi) is 2.08. The van der Waals surface area contributed by atoms with Crippen LogP contribution in [0.25, 0.3) is 10.9 Å². The molecule has 66 valence electrons. The molecule has 0 aliphatic carbocycles. The van der Waals surface area contributed by atoms with E-state index >= 15 is 0 Å². The van der Waals surface area contributed by atoms with Crippen LogP contribution < -0.4 is 0 Å². The summed E-state index contributed by atoms with van der Waals surface area (Å²) in [6, 6.07) is 8.25. The van der Waals surface area contributed by atoms with Gasteiger partial charge in [-0.3, -0.25) is 4.98 Å². The van der Waals surface area contributed by atoms with Crippen LogP contribution in [0.15, 0.2) is 28.7 Å². The molecule has 0 spiro atoms. The lowest BCUT2D eigenvalue weighted by Crippen LogP contribution is -1.88. The van der Waals surface area contributed by atoms with E-state index in [-0.39, 0.29) is 0 Å². The molecule has 0 amide bonds. The molecule has 2 aromatic rings. The molecule has 2 rings (SSSR count). The van der Waals surface area contributed by atoms with E-state index in [2.05, 4.69) is 33.9 Å². The van der Waals surface area contributed by atoms with Crippen LogP contribution in [0.3, 0.4) is 0 Å². The molecule has 1 nitrogen and oxygen atoms in total. The van der Waals surface area contributed by atoms with Crippen molar-refractivity contribution in [3.05, 3.63) is 40.0 Å². The third-order valence-corrected chi connectivity index (χ3v) is 2.94. The van der Waals surface area contributed by atoms with Crippen molar-refractivity contribution in [2.24, 2.45) is 0 Å². The minimum atomic E-state index is 1.05. The summed E-state index contributed by atoms with van der Waals surface area (Å²) in [5.74, 6) is 0. The summed E-state index contributed by atoms with van der Waals surface area (Å²) in [7, 11) is 0. The van der Waals surface area contributed by atoms with Crippen molar-refractivity contribution in [3.8, 4) is 0 Å². The van der Waals surface area contributed by atoms with Gasteiger partial charge in [-0.2, -0.15) is 0 Å². The van der Waals surface area contributed by atoms with Gasteiger partial charge in [-0.1, -0.05) is 22.0 Å². The Bertz CT molecular complexity index is 463. The maximum atomic E-state index is 4.51. The van der Waals surface area contributed by atoms with E-state index in [0.29, 0.717) is 0 Å². The van der Waals surface area contributed by atoms with E-state index in [1.807, 2.05) is 25.1 Å². The third-order valence-electron chi connectivity index (χ3n) is 2.25. The first-order chi connectivity index (χ1) is 6.18. The zero-order valence-electron chi connectivity index (χ0n) is 7.63. The van der Waals surface area contributed by atoms with Gasteiger partial charge in [0.05, 0.1) is 5.52 Å². The maximum Gasteiger partial charge on any atom is 0.0716 e. The van der Waals surface area contributed by atoms with Gasteiger partial charge >= 0.3 is 0 Å². The summed E-state index contributed by atoms with van der Waals surface area (Å²) in [5.41, 5.74) is 3.39. The van der Waals surface area contributed by atoms with Crippen LogP contribution in [-0.2, 0) is 0 Å². The number of hydrogen-bond donors (Lipinski definition) is 0. The summed E-state index contributed by atoms with van der Waals surface area (Å²) >= 11 is 3.52. The van der Waals surface area contributed by atoms with Crippen LogP contribution in [0.4, 0.5) is 0 Å². The second-order valence-electron chi connectivity index (χ2n) is 3.20. The molecular weight excluding hydrogens is 226 g/mol. The molecule has 0 radical (unpaired) electrons. The first-order valence-corrected chi connectivity index (χ1v) is 5.00. The molecule has 0 saturated carbocycles. The SMILES string of the molecule is Cc1cc2c(Br)cccc2nc1C. The largest absolute Gasteiger partial charge is 0.253 e. The molecule has 0 fully saturated rings. The van der Waals surface area contributed by atoms with Crippen molar-refractivity contribution in [1.82, 2.24) is 4.98 Å². The number of hydrogen-bond acceptors (Lipinski definition) is 1. The molecule has 0 aliphatic rings. The minimum absolute atomic E-state index is 1.05. The van der Waals surface area contributed by atoms with E-state index in [1.54, 1.807) is 0 Å². The topological polar surface area (TPSA) is 12.9 Å². The van der Waals surface area contributed by atoms with Crippen LogP contribution in [0, 0.1) is 13.8 Å². The van der Waals surface area contributed by atoms with Gasteiger partial charge < -0.3 is 0 Å². The molecule has 1 heterocycles. The Morgan fingerprint density at radius 1 is 1.23 bits per heavy atom. The fourth-order valence-electron chi connectivity index (χ4n) is 1.36. The number of fused-ring (bicyclic) bond motifs is 1. The molecule has 0 saturated heterocycles. The zero-order valence-corrected chi connectivity index (χ0v) is 9.22. The first-order valence-electron chi connectivity index (χ1n) is 4.21. The summed E-state index contributed by atoms with van der Waals surface area (Å²) in [4.78, 5) is 4.51. The van der Waals surface area contributed by atoms with Crippen LogP contribution in [0.2, 0.25) is 0 Å². The average molecular weight is 236 g/mol. The van der Waals surface area contributed by atoms with Gasteiger partial charge in [-0.05, 0) is 37.6 Å². The van der Waals surface area contributed by atoms with Crippen molar-refractivity contribution >= 4 is 26.8 Å². The highest BCUT2D eigenvalue weighted by molar-refractivity contribution is 9.10. The number of halogens is 1. The fraction of sp³-hybridized carbons (Fsp3) is 0.182. The van der Waals surface area contributed by atoms with E-state index < -0.39 is 0 Å². The Morgan fingerprint density at radius 3 is 2.77 bits per heavy atom. The number of pyridine rings is 1. The monoisotopic (exact) mass is 235 g/mol. The number of aromatic nitrogens is 1. The van der Waals surface area contributed by atoms with Gasteiger partial charge in [0.1, 0.15) is 0 Å². The number of rotatable bonds is 0. The van der Waals surface area contributed by atoms with E-state index in [1.165, 1.54) is 10.9 Å². The van der Waals surface area contributed by atoms with E-state index in [9.17, 15) is 0 Å². The van der Waals surface area contributed by atoms with Gasteiger partial charge in [0.25, 0.3) is 0 Å². The van der Waals surface area contributed by atoms with Gasteiger partial charge in [0.15, 0.2) is 0 Å². The lowest BCUT2D eigenvalue weighted by Gasteiger charge is -2.03. The molecular formula is C11H10BrN. The normalized spacial score (nSPS) is 10.7. The molecule has 13 heavy (non-hydrogen) atoms. The van der Waals surface area contributed by atoms with Crippen LogP contribution in [-0.4, -0.2) is 4.98 Å². The number of nitrogens with zero attached hydrogens (tertiary/aromatic N) is 1. The average Bonchev–Trinajstić information content (AvgIpc) is 2.09. The summed E-state index contributed by atoms with van der Waals surface area (Å²) < 4.78 is 1.11. The first kappa shape index (κ1) is 8.70. The lowest BCUT2D eigenvalue weighted by molar-refractivity contribution is 1.19. The third kappa shape index (κ3) is 1.46. The highest BCUT2D eigenvalue weighted by atomic mass is 79.9. The highest BCUT2D eigenvalue weighted by Crippen LogP contribution is 2.23. The van der Waals surface area contributed by atoms with Gasteiger partial charge in [0, 0.05) is 15.6 Å². The Hall–Kier alpha value is -0.890. The zero-order chi connectivity index (χ0) is 9.42. The van der Waals surface area contributed by atoms with Crippen LogP contribution in [0.5, 0.6) is 0 Å². The van der Waals surface area contributed by atoms with Gasteiger partial charge in [-0.25, -0.2) is 0 Å². The van der Waals surface area contributed by atoms with Crippen molar-refractivity contribution < 1.29 is 0 Å². The van der Waals surface area contributed by atoms with Crippen molar-refractivity contribution in [2.75, 3.05) is 0 Å². The van der Waals surface area contributed by atoms with E-state index in [4.69, 9.17) is 0 Å². The second-order valence-corrected chi connectivity index (χ2v) is 4.05. The fourth-order valence-corrected chi connectivity index (χ4v) is 1.83. The van der Waals surface area contributed by atoms with Crippen molar-refractivity contribution in [3.63, 3.8) is 0 Å². The molecule has 1 aromatic heterocycles. The highest BCUT2D eigenvalue weighted by Gasteiger charge is 2.01. The Labute approximate surface area is 85.9 Å². The minimum Gasteiger partial charge on any atom is -0.253 e. The molecule has 0 bridgehead atoms. The Morgan fingerprint density at radius 2 is 2.00 bits per heavy atom. The van der Waals surface area contributed by atoms with Crippen LogP contribution in [0.1, 0.15) is 11.3 Å². The smallest absolute Gasteiger partial charge is 0.0716 e. The Balaban J connectivity index is 2.89. The van der Waals surface area contributed by atoms with Gasteiger partial charge in [-0.15, -0.1) is 0 Å². The molecule has 1 aromatic carbocycles. The van der Waals surface area contributed by atoms with Gasteiger partial charge in [0.2, 0.25) is 0 Å². The molecule has 0 N–H and O–H groups in total. The summed E-state index contributed by atoms with van der Waals surface area (Å²) in [6.45, 7) is 4.12. The quantitative estimate of drug-likeness (QED) is 0.680. The van der Waals surface area contributed by atoms with Crippen molar-refractivity contribution in [2.45, 2.75) is 13.8 Å². The predicted octanol–water partition coefficient (Wildman–Crippen LogP) is 3.61. The lowest BCUT2D eigenvalue weighted by atomic mass is 10.1. The molecule has 0 aliphatic heterocycles. The second kappa shape index (κ2) is 3.11. The van der Waals surface area contributed by atoms with Crippen LogP contribution >= 0.6 is 15.9 Å². The summed E-state index contributed by atoms with van der Waals surface area (Å²) in [5, 5.41) is 1.19.